The van der Waals surface area contributed by atoms with Gasteiger partial charge in [-0.05, 0) is 77.6 Å². The van der Waals surface area contributed by atoms with Crippen molar-refractivity contribution in [1.82, 2.24) is 4.98 Å². The van der Waals surface area contributed by atoms with Crippen molar-refractivity contribution in [3.05, 3.63) is 77.0 Å². The average Bonchev–Trinajstić information content (AvgIpc) is 3.09. The third-order valence-corrected chi connectivity index (χ3v) is 4.85. The fourth-order valence-corrected chi connectivity index (χ4v) is 3.08. The Morgan fingerprint density at radius 1 is 1.22 bits per heavy atom. The lowest BCUT2D eigenvalue weighted by atomic mass is 9.94. The van der Waals surface area contributed by atoms with E-state index in [0.717, 1.165) is 50.0 Å². The Bertz CT molecular complexity index is 1060. The summed E-state index contributed by atoms with van der Waals surface area (Å²) in [6, 6.07) is 10.2. The number of aliphatic hydroxyl groups is 1. The number of methoxy groups -OCH3 is 1. The summed E-state index contributed by atoms with van der Waals surface area (Å²) in [4.78, 5) is 14.5. The van der Waals surface area contributed by atoms with Crippen LogP contribution in [0.15, 0.2) is 49.2 Å². The highest BCUT2D eigenvalue weighted by atomic mass is 16.5. The minimum absolute atomic E-state index is 0.327. The van der Waals surface area contributed by atoms with Gasteiger partial charge in [0.05, 0.1) is 7.11 Å². The van der Waals surface area contributed by atoms with Crippen molar-refractivity contribution in [3.8, 4) is 5.75 Å². The normalized spacial score (nSPS) is 11.3. The van der Waals surface area contributed by atoms with E-state index in [-0.39, 0.29) is 5.78 Å². The van der Waals surface area contributed by atoms with Gasteiger partial charge in [0.2, 0.25) is 0 Å². The minimum atomic E-state index is -0.491. The Balaban J connectivity index is 2.02. The van der Waals surface area contributed by atoms with Gasteiger partial charge in [0, 0.05) is 17.1 Å². The SMILES string of the molecule is C=C(c1cc(C)c(C)c(OC)c1)c1ccc2[nH]cc(/C=C/C(=O)CO)c2c1. The maximum Gasteiger partial charge on any atom is 0.181 e. The van der Waals surface area contributed by atoms with E-state index in [1.54, 1.807) is 13.2 Å². The first-order valence-electron chi connectivity index (χ1n) is 8.72. The summed E-state index contributed by atoms with van der Waals surface area (Å²) in [6.45, 7) is 7.89. The lowest BCUT2D eigenvalue weighted by Gasteiger charge is -2.13. The number of aliphatic hydroxyl groups excluding tert-OH is 1. The van der Waals surface area contributed by atoms with Gasteiger partial charge in [0.1, 0.15) is 12.4 Å². The summed E-state index contributed by atoms with van der Waals surface area (Å²) in [7, 11) is 1.67. The number of nitrogens with one attached hydrogen (secondary N) is 1. The number of benzene rings is 2. The van der Waals surface area contributed by atoms with E-state index in [1.165, 1.54) is 6.08 Å². The van der Waals surface area contributed by atoms with E-state index < -0.39 is 6.61 Å². The molecule has 2 N–H and O–H groups in total. The van der Waals surface area contributed by atoms with E-state index in [9.17, 15) is 4.79 Å². The first-order chi connectivity index (χ1) is 12.9. The number of ketones is 1. The lowest BCUT2D eigenvalue weighted by Crippen LogP contribution is -1.97. The van der Waals surface area contributed by atoms with Gasteiger partial charge in [-0.25, -0.2) is 0 Å². The monoisotopic (exact) mass is 361 g/mol. The van der Waals surface area contributed by atoms with E-state index >= 15 is 0 Å². The van der Waals surface area contributed by atoms with Crippen LogP contribution in [0.25, 0.3) is 22.6 Å². The number of fused-ring (bicyclic) bond motifs is 1. The number of aromatic nitrogens is 1. The Kier molecular flexibility index (Phi) is 5.28. The number of carbonyl (C=O) groups excluding carboxylic acids is 1. The van der Waals surface area contributed by atoms with Crippen LogP contribution < -0.4 is 4.74 Å². The molecule has 1 aromatic heterocycles. The van der Waals surface area contributed by atoms with Crippen LogP contribution in [-0.2, 0) is 4.79 Å². The molecule has 0 atom stereocenters. The predicted octanol–water partition coefficient (Wildman–Crippen LogP) is 4.43. The highest BCUT2D eigenvalue weighted by Gasteiger charge is 2.10. The molecule has 0 fully saturated rings. The highest BCUT2D eigenvalue weighted by Crippen LogP contribution is 2.31. The lowest BCUT2D eigenvalue weighted by molar-refractivity contribution is -0.117. The molecular formula is C23H23NO3. The Labute approximate surface area is 158 Å². The van der Waals surface area contributed by atoms with Crippen molar-refractivity contribution < 1.29 is 14.6 Å². The first-order valence-corrected chi connectivity index (χ1v) is 8.72. The third-order valence-electron chi connectivity index (χ3n) is 4.85. The topological polar surface area (TPSA) is 62.3 Å². The van der Waals surface area contributed by atoms with Gasteiger partial charge in [-0.15, -0.1) is 0 Å². The van der Waals surface area contributed by atoms with Gasteiger partial charge >= 0.3 is 0 Å². The standard InChI is InChI=1S/C23H23NO3/c1-14-9-19(11-23(27-4)15(14)2)16(3)17-6-8-22-21(10-17)18(12-24-22)5-7-20(26)13-25/h5-12,24-25H,3,13H2,1-2,4H3/b7-5+. The van der Waals surface area contributed by atoms with Crippen LogP contribution in [0.3, 0.4) is 0 Å². The molecule has 0 aliphatic heterocycles. The fourth-order valence-electron chi connectivity index (χ4n) is 3.08. The molecule has 0 saturated carbocycles. The largest absolute Gasteiger partial charge is 0.496 e. The van der Waals surface area contributed by atoms with Crippen molar-refractivity contribution in [2.24, 2.45) is 0 Å². The minimum Gasteiger partial charge on any atom is -0.496 e. The van der Waals surface area contributed by atoms with Crippen LogP contribution >= 0.6 is 0 Å². The zero-order valence-electron chi connectivity index (χ0n) is 15.8. The maximum absolute atomic E-state index is 11.4. The molecule has 0 radical (unpaired) electrons. The Morgan fingerprint density at radius 2 is 2.00 bits per heavy atom. The molecule has 4 heteroatoms. The van der Waals surface area contributed by atoms with Crippen molar-refractivity contribution in [2.75, 3.05) is 13.7 Å². The number of aromatic amines is 1. The second kappa shape index (κ2) is 7.64. The number of hydrogen-bond acceptors (Lipinski definition) is 3. The summed E-state index contributed by atoms with van der Waals surface area (Å²) in [5.41, 5.74) is 7.05. The number of ether oxygens (including phenoxy) is 1. The molecule has 0 spiro atoms. The highest BCUT2D eigenvalue weighted by molar-refractivity contribution is 5.98. The summed E-state index contributed by atoms with van der Waals surface area (Å²) in [6.07, 6.45) is 4.94. The molecule has 27 heavy (non-hydrogen) atoms. The molecule has 4 nitrogen and oxygen atoms in total. The molecular weight excluding hydrogens is 338 g/mol. The van der Waals surface area contributed by atoms with Crippen LogP contribution in [-0.4, -0.2) is 29.6 Å². The number of hydrogen-bond donors (Lipinski definition) is 2. The Hall–Kier alpha value is -3.11. The summed E-state index contributed by atoms with van der Waals surface area (Å²) < 4.78 is 5.49. The molecule has 138 valence electrons. The number of rotatable bonds is 6. The second-order valence-corrected chi connectivity index (χ2v) is 6.56. The van der Waals surface area contributed by atoms with Crippen LogP contribution in [0, 0.1) is 13.8 Å². The van der Waals surface area contributed by atoms with Crippen LogP contribution in [0.5, 0.6) is 5.75 Å². The van der Waals surface area contributed by atoms with E-state index in [0.29, 0.717) is 0 Å². The van der Waals surface area contributed by atoms with Gasteiger partial charge in [-0.1, -0.05) is 18.7 Å². The van der Waals surface area contributed by atoms with Gasteiger partial charge in [0.15, 0.2) is 5.78 Å². The molecule has 3 rings (SSSR count). The third kappa shape index (κ3) is 3.71. The van der Waals surface area contributed by atoms with Gasteiger partial charge in [-0.2, -0.15) is 0 Å². The predicted molar refractivity (Wildman–Crippen MR) is 110 cm³/mol. The zero-order chi connectivity index (χ0) is 19.6. The molecule has 0 aliphatic rings. The quantitative estimate of drug-likeness (QED) is 0.639. The van der Waals surface area contributed by atoms with Crippen LogP contribution in [0.4, 0.5) is 0 Å². The Morgan fingerprint density at radius 3 is 2.70 bits per heavy atom. The molecule has 3 aromatic rings. The molecule has 0 amide bonds. The number of aryl methyl sites for hydroxylation is 1. The maximum atomic E-state index is 11.4. The molecule has 0 saturated heterocycles. The van der Waals surface area contributed by atoms with Gasteiger partial charge in [-0.3, -0.25) is 4.79 Å². The van der Waals surface area contributed by atoms with Crippen LogP contribution in [0.2, 0.25) is 0 Å². The van der Waals surface area contributed by atoms with E-state index in [1.807, 2.05) is 31.3 Å². The van der Waals surface area contributed by atoms with Crippen molar-refractivity contribution in [2.45, 2.75) is 13.8 Å². The molecule has 0 aliphatic carbocycles. The molecule has 1 heterocycles. The van der Waals surface area contributed by atoms with E-state index in [4.69, 9.17) is 9.84 Å². The van der Waals surface area contributed by atoms with Crippen molar-refractivity contribution >= 4 is 28.3 Å². The second-order valence-electron chi connectivity index (χ2n) is 6.56. The number of carbonyl (C=O) groups is 1. The fraction of sp³-hybridized carbons (Fsp3) is 0.174. The summed E-state index contributed by atoms with van der Waals surface area (Å²) in [5.74, 6) is 0.521. The van der Waals surface area contributed by atoms with Gasteiger partial charge in [0.25, 0.3) is 0 Å². The molecule has 2 aromatic carbocycles. The van der Waals surface area contributed by atoms with Crippen LogP contribution in [0.1, 0.15) is 27.8 Å². The van der Waals surface area contributed by atoms with Gasteiger partial charge < -0.3 is 14.8 Å². The smallest absolute Gasteiger partial charge is 0.181 e. The van der Waals surface area contributed by atoms with Crippen molar-refractivity contribution in [1.29, 1.82) is 0 Å². The summed E-state index contributed by atoms with van der Waals surface area (Å²) >= 11 is 0. The van der Waals surface area contributed by atoms with E-state index in [2.05, 4.69) is 30.6 Å². The number of H-pyrrole nitrogens is 1. The molecule has 0 bridgehead atoms. The van der Waals surface area contributed by atoms with Crippen molar-refractivity contribution in [3.63, 3.8) is 0 Å². The average molecular weight is 361 g/mol. The zero-order valence-corrected chi connectivity index (χ0v) is 15.8. The summed E-state index contributed by atoms with van der Waals surface area (Å²) in [5, 5.41) is 9.87. The first kappa shape index (κ1) is 18.7. The molecule has 0 unspecified atom stereocenters.